The van der Waals surface area contributed by atoms with Crippen LogP contribution in [0, 0.1) is 0 Å². The van der Waals surface area contributed by atoms with E-state index < -0.39 is 109 Å². The number of alkyl halides is 19. The molecule has 1 aromatic heterocycles. The highest BCUT2D eigenvalue weighted by Gasteiger charge is 2.96. The van der Waals surface area contributed by atoms with Crippen LogP contribution in [-0.4, -0.2) is 105 Å². The number of halogens is 19. The molecular weight excluding hydrogens is 725 g/mol. The van der Waals surface area contributed by atoms with Gasteiger partial charge in [0.2, 0.25) is 0 Å². The first kappa shape index (κ1) is 40.4. The molecule has 4 atom stereocenters. The fourth-order valence-corrected chi connectivity index (χ4v) is 3.77. The SMILES string of the molecule is O=c1ccn([C@@H]2O[C@H](CO)C(O)[C@@H]2OCCC(F)(F)C(F)(F)C(F)(F)C(F)(F)C(F)(F)C(F)(F)C(F)(F)C(F)(F)C(F)(F)F)c(=O)[nH]1. The highest BCUT2D eigenvalue weighted by Crippen LogP contribution is 2.65. The summed E-state index contributed by atoms with van der Waals surface area (Å²) in [6.07, 6.45) is -18.8. The molecule has 3 N–H and O–H groups in total. The molecule has 47 heavy (non-hydrogen) atoms. The third kappa shape index (κ3) is 5.93. The molecule has 0 aliphatic carbocycles. The smallest absolute Gasteiger partial charge is 0.394 e. The molecule has 1 fully saturated rings. The van der Waals surface area contributed by atoms with Gasteiger partial charge in [0.15, 0.2) is 6.23 Å². The van der Waals surface area contributed by atoms with Crippen molar-refractivity contribution in [3.8, 4) is 0 Å². The van der Waals surface area contributed by atoms with Gasteiger partial charge in [0.25, 0.3) is 5.56 Å². The number of H-pyrrole nitrogens is 1. The molecule has 0 bridgehead atoms. The predicted octanol–water partition coefficient (Wildman–Crippen LogP) is 4.21. The van der Waals surface area contributed by atoms with Crippen LogP contribution in [0.1, 0.15) is 12.6 Å². The average Bonchev–Trinajstić information content (AvgIpc) is 3.21. The summed E-state index contributed by atoms with van der Waals surface area (Å²) < 4.78 is 266. The molecule has 2 heterocycles. The summed E-state index contributed by atoms with van der Waals surface area (Å²) in [6, 6.07) is 0.594. The number of aliphatic hydroxyl groups is 2. The van der Waals surface area contributed by atoms with Crippen molar-refractivity contribution in [1.29, 1.82) is 0 Å². The normalized spacial score (nSPS) is 23.0. The molecule has 0 aromatic carbocycles. The van der Waals surface area contributed by atoms with Gasteiger partial charge in [-0.2, -0.15) is 83.4 Å². The van der Waals surface area contributed by atoms with Crippen molar-refractivity contribution in [3.63, 3.8) is 0 Å². The van der Waals surface area contributed by atoms with E-state index in [1.54, 1.807) is 4.98 Å². The van der Waals surface area contributed by atoms with Crippen LogP contribution in [0.5, 0.6) is 0 Å². The Labute approximate surface area is 244 Å². The van der Waals surface area contributed by atoms with E-state index in [0.29, 0.717) is 16.8 Å². The van der Waals surface area contributed by atoms with Gasteiger partial charge in [0.05, 0.1) is 13.2 Å². The number of aromatic amines is 1. The van der Waals surface area contributed by atoms with Crippen molar-refractivity contribution in [2.45, 2.75) is 84.5 Å². The van der Waals surface area contributed by atoms with E-state index in [0.717, 1.165) is 0 Å². The minimum absolute atomic E-state index is 0.312. The van der Waals surface area contributed by atoms with Crippen molar-refractivity contribution in [3.05, 3.63) is 33.1 Å². The Kier molecular flexibility index (Phi) is 10.3. The van der Waals surface area contributed by atoms with Crippen molar-refractivity contribution < 1.29 is 103 Å². The lowest BCUT2D eigenvalue weighted by Crippen LogP contribution is -2.75. The zero-order valence-corrected chi connectivity index (χ0v) is 21.7. The van der Waals surface area contributed by atoms with Crippen molar-refractivity contribution in [2.75, 3.05) is 13.2 Å². The van der Waals surface area contributed by atoms with E-state index in [4.69, 9.17) is 4.74 Å². The van der Waals surface area contributed by atoms with Crippen LogP contribution in [0.25, 0.3) is 0 Å². The quantitative estimate of drug-likeness (QED) is 0.262. The van der Waals surface area contributed by atoms with Crippen LogP contribution in [0.3, 0.4) is 0 Å². The zero-order valence-electron chi connectivity index (χ0n) is 21.7. The zero-order chi connectivity index (χ0) is 37.2. The number of rotatable bonds is 13. The molecule has 0 radical (unpaired) electrons. The van der Waals surface area contributed by atoms with Gasteiger partial charge in [-0.15, -0.1) is 0 Å². The van der Waals surface area contributed by atoms with E-state index in [1.165, 1.54) is 0 Å². The molecule has 1 aliphatic rings. The van der Waals surface area contributed by atoms with Crippen LogP contribution < -0.4 is 11.2 Å². The number of ether oxygens (including phenoxy) is 2. The van der Waals surface area contributed by atoms with Crippen LogP contribution >= 0.6 is 0 Å². The summed E-state index contributed by atoms with van der Waals surface area (Å²) >= 11 is 0. The van der Waals surface area contributed by atoms with E-state index >= 15 is 0 Å². The van der Waals surface area contributed by atoms with Crippen LogP contribution in [0.15, 0.2) is 21.9 Å². The Bertz CT molecular complexity index is 1390. The summed E-state index contributed by atoms with van der Waals surface area (Å²) in [6.45, 7) is -3.34. The number of nitrogens with one attached hydrogen (secondary N) is 1. The Balaban J connectivity index is 2.43. The number of nitrogens with zero attached hydrogens (tertiary/aromatic N) is 1. The third-order valence-corrected chi connectivity index (χ3v) is 6.53. The topological polar surface area (TPSA) is 114 Å². The van der Waals surface area contributed by atoms with Gasteiger partial charge in [0.1, 0.15) is 18.3 Å². The summed E-state index contributed by atoms with van der Waals surface area (Å²) in [7, 11) is 0. The first-order valence-electron chi connectivity index (χ1n) is 11.7. The summed E-state index contributed by atoms with van der Waals surface area (Å²) in [5, 5.41) is 19.3. The fraction of sp³-hybridized carbons (Fsp3) is 0.800. The Morgan fingerprint density at radius 1 is 0.723 bits per heavy atom. The van der Waals surface area contributed by atoms with Gasteiger partial charge in [-0.3, -0.25) is 14.3 Å². The standard InChI is InChI=1S/C20H15F19N2O6/c21-12(22,2-4-46-9-8(44)6(5-42)47-10(9)41-3-1-7(43)40-11(41)45)13(23,24)14(25,26)15(27,28)16(29,30)17(31,32)18(33,34)19(35,36)20(37,38)39/h1,3,6,8-10,42,44H,2,4-5H2,(H,40,43,45)/t6-,8?,9+,10-/m1/s1. The lowest BCUT2D eigenvalue weighted by molar-refractivity contribution is -0.468. The van der Waals surface area contributed by atoms with Crippen LogP contribution in [-0.2, 0) is 9.47 Å². The minimum Gasteiger partial charge on any atom is -0.394 e. The number of aromatic nitrogens is 2. The number of aliphatic hydroxyl groups excluding tert-OH is 2. The molecular formula is C20H15F19N2O6. The van der Waals surface area contributed by atoms with Crippen LogP contribution in [0.2, 0.25) is 0 Å². The second-order valence-electron chi connectivity index (χ2n) is 9.56. The molecule has 2 rings (SSSR count). The van der Waals surface area contributed by atoms with Crippen molar-refractivity contribution in [1.82, 2.24) is 9.55 Å². The Morgan fingerprint density at radius 3 is 1.55 bits per heavy atom. The second kappa shape index (κ2) is 12.0. The fourth-order valence-electron chi connectivity index (χ4n) is 3.77. The molecule has 1 aromatic rings. The molecule has 1 saturated heterocycles. The molecule has 0 amide bonds. The first-order chi connectivity index (χ1) is 20.7. The number of hydrogen-bond acceptors (Lipinski definition) is 6. The van der Waals surface area contributed by atoms with E-state index in [9.17, 15) is 103 Å². The average molecular weight is 740 g/mol. The molecule has 1 unspecified atom stereocenters. The minimum atomic E-state index is -9.06. The summed E-state index contributed by atoms with van der Waals surface area (Å²) in [4.78, 5) is 24.8. The molecule has 0 spiro atoms. The molecule has 1 aliphatic heterocycles. The highest BCUT2D eigenvalue weighted by atomic mass is 19.4. The van der Waals surface area contributed by atoms with Crippen LogP contribution in [0.4, 0.5) is 83.4 Å². The number of hydrogen-bond donors (Lipinski definition) is 3. The first-order valence-corrected chi connectivity index (χ1v) is 11.7. The molecule has 0 saturated carbocycles. The molecule has 274 valence electrons. The van der Waals surface area contributed by atoms with Gasteiger partial charge < -0.3 is 19.7 Å². The van der Waals surface area contributed by atoms with Gasteiger partial charge >= 0.3 is 59.2 Å². The van der Waals surface area contributed by atoms with E-state index in [1.807, 2.05) is 0 Å². The van der Waals surface area contributed by atoms with Gasteiger partial charge in [-0.25, -0.2) is 4.79 Å². The van der Waals surface area contributed by atoms with E-state index in [-0.39, 0.29) is 0 Å². The van der Waals surface area contributed by atoms with Crippen molar-refractivity contribution >= 4 is 0 Å². The lowest BCUT2D eigenvalue weighted by atomic mass is 9.87. The predicted molar refractivity (Wildman–Crippen MR) is 108 cm³/mol. The lowest BCUT2D eigenvalue weighted by Gasteiger charge is -2.43. The third-order valence-electron chi connectivity index (χ3n) is 6.53. The molecule has 8 nitrogen and oxygen atoms in total. The van der Waals surface area contributed by atoms with E-state index in [2.05, 4.69) is 4.74 Å². The second-order valence-corrected chi connectivity index (χ2v) is 9.56. The summed E-state index contributed by atoms with van der Waals surface area (Å²) in [5.74, 6) is -67.8. The van der Waals surface area contributed by atoms with Gasteiger partial charge in [-0.05, 0) is 0 Å². The summed E-state index contributed by atoms with van der Waals surface area (Å²) in [5.41, 5.74) is -2.47. The van der Waals surface area contributed by atoms with Crippen molar-refractivity contribution in [2.24, 2.45) is 0 Å². The maximum absolute atomic E-state index is 14.2. The molecule has 27 heteroatoms. The van der Waals surface area contributed by atoms with Gasteiger partial charge in [0, 0.05) is 18.7 Å². The van der Waals surface area contributed by atoms with Gasteiger partial charge in [-0.1, -0.05) is 0 Å². The highest BCUT2D eigenvalue weighted by molar-refractivity contribution is 5.16. The maximum atomic E-state index is 14.2. The Hall–Kier alpha value is -2.81. The monoisotopic (exact) mass is 740 g/mol. The maximum Gasteiger partial charge on any atom is 0.460 e. The Morgan fingerprint density at radius 2 is 1.15 bits per heavy atom. The largest absolute Gasteiger partial charge is 0.460 e.